The number of amides is 4. The molecule has 4 heterocycles. The van der Waals surface area contributed by atoms with E-state index in [9.17, 15) is 37.6 Å². The molecule has 3 saturated heterocycles. The van der Waals surface area contributed by atoms with Gasteiger partial charge in [0, 0.05) is 55.2 Å². The predicted octanol–water partition coefficient (Wildman–Crippen LogP) is 5.79. The van der Waals surface area contributed by atoms with Crippen molar-refractivity contribution in [2.45, 2.75) is 95.6 Å². The first-order valence-electron chi connectivity index (χ1n) is 20.4. The zero-order valence-corrected chi connectivity index (χ0v) is 35.2. The standard InChI is InChI=1S/C43H48F3N9O5S/c1-25-22-52(23-26(2)53(25)24-38(57)50-29-10-6-9-28(17-29)49-34-12-14-37(56)51-39(34)58)15-16-60-36-13-11-30(18-32(36)27-7-5-8-27)55-41(61)54(40(59)42(55,3)4)31-19-33(43(44,45)46)35(20-47)48-21-31/h6,9-11,13,17-19,21,25-27,34,49H,5,7-8,12,14-16,22-24H2,1-4H3,(H,50,57)(H,51,56,58)/t25-,26+,34?. The van der Waals surface area contributed by atoms with Gasteiger partial charge in [-0.3, -0.25) is 39.2 Å². The number of nitriles is 1. The summed E-state index contributed by atoms with van der Waals surface area (Å²) in [6.07, 6.45) is -0.156. The molecule has 14 nitrogen and oxygen atoms in total. The van der Waals surface area contributed by atoms with Crippen molar-refractivity contribution in [2.24, 2.45) is 0 Å². The van der Waals surface area contributed by atoms with Crippen LogP contribution in [0.15, 0.2) is 54.7 Å². The van der Waals surface area contributed by atoms with Gasteiger partial charge >= 0.3 is 6.18 Å². The van der Waals surface area contributed by atoms with Gasteiger partial charge in [-0.05, 0) is 113 Å². The lowest BCUT2D eigenvalue weighted by Gasteiger charge is -2.44. The minimum absolute atomic E-state index is 0.00346. The molecule has 2 aromatic carbocycles. The van der Waals surface area contributed by atoms with Gasteiger partial charge in [0.2, 0.25) is 17.7 Å². The second-order valence-electron chi connectivity index (χ2n) is 16.6. The molecular formula is C43H48F3N9O5S. The summed E-state index contributed by atoms with van der Waals surface area (Å²) in [4.78, 5) is 61.6. The van der Waals surface area contributed by atoms with E-state index in [0.29, 0.717) is 36.6 Å². The number of rotatable bonds is 12. The number of halogens is 3. The lowest BCUT2D eigenvalue weighted by Crippen LogP contribution is -2.58. The molecule has 0 spiro atoms. The number of piperazine rings is 1. The number of imide groups is 1. The van der Waals surface area contributed by atoms with E-state index in [1.807, 2.05) is 12.1 Å². The van der Waals surface area contributed by atoms with E-state index in [1.165, 1.54) is 6.07 Å². The summed E-state index contributed by atoms with van der Waals surface area (Å²) in [6, 6.07) is 14.6. The molecule has 1 aromatic heterocycles. The van der Waals surface area contributed by atoms with Crippen molar-refractivity contribution in [1.82, 2.24) is 20.1 Å². The number of aromatic nitrogens is 1. The fourth-order valence-electron chi connectivity index (χ4n) is 8.51. The smallest absolute Gasteiger partial charge is 0.419 e. The van der Waals surface area contributed by atoms with Crippen molar-refractivity contribution in [3.63, 3.8) is 0 Å². The van der Waals surface area contributed by atoms with E-state index in [2.05, 4.69) is 44.6 Å². The number of hydrogen-bond acceptors (Lipinski definition) is 11. The SMILES string of the molecule is C[C@@H]1CN(CCOc2ccc(N3C(=S)N(c4cnc(C#N)c(C(F)(F)F)c4)C(=O)C3(C)C)cc2C2CCC2)C[C@H](C)N1CC(=O)Nc1cccc(NC2CCC(=O)NC2=O)c1. The molecule has 3 atom stereocenters. The number of ether oxygens (including phenoxy) is 1. The number of anilines is 4. The highest BCUT2D eigenvalue weighted by Gasteiger charge is 2.51. The highest BCUT2D eigenvalue weighted by Crippen LogP contribution is 2.45. The third-order valence-corrected chi connectivity index (χ3v) is 12.3. The first-order valence-corrected chi connectivity index (χ1v) is 20.8. The Morgan fingerprint density at radius 2 is 1.75 bits per heavy atom. The number of piperidine rings is 1. The van der Waals surface area contributed by atoms with Crippen molar-refractivity contribution in [3.8, 4) is 11.8 Å². The fraction of sp³-hybridized carbons (Fsp3) is 0.465. The van der Waals surface area contributed by atoms with Crippen molar-refractivity contribution in [2.75, 3.05) is 53.2 Å². The lowest BCUT2D eigenvalue weighted by molar-refractivity contribution is -0.138. The maximum atomic E-state index is 13.8. The molecule has 3 aromatic rings. The van der Waals surface area contributed by atoms with Crippen LogP contribution in [-0.4, -0.2) is 100.0 Å². The number of alkyl halides is 3. The van der Waals surface area contributed by atoms with Crippen LogP contribution in [0.2, 0.25) is 0 Å². The van der Waals surface area contributed by atoms with Gasteiger partial charge in [-0.2, -0.15) is 18.4 Å². The molecule has 7 rings (SSSR count). The summed E-state index contributed by atoms with van der Waals surface area (Å²) in [5, 5.41) is 17.7. The van der Waals surface area contributed by atoms with Crippen LogP contribution in [0.1, 0.15) is 82.5 Å². The van der Waals surface area contributed by atoms with Crippen LogP contribution in [0.5, 0.6) is 5.75 Å². The van der Waals surface area contributed by atoms with Crippen LogP contribution in [0.25, 0.3) is 0 Å². The van der Waals surface area contributed by atoms with Gasteiger partial charge < -0.3 is 20.3 Å². The quantitative estimate of drug-likeness (QED) is 0.149. The molecule has 0 bridgehead atoms. The molecule has 1 unspecified atom stereocenters. The monoisotopic (exact) mass is 859 g/mol. The van der Waals surface area contributed by atoms with Crippen LogP contribution in [0, 0.1) is 11.3 Å². The number of nitrogens with zero attached hydrogens (tertiary/aromatic N) is 6. The number of nitrogens with one attached hydrogen (secondary N) is 3. The van der Waals surface area contributed by atoms with Crippen LogP contribution >= 0.6 is 12.2 Å². The number of thiocarbonyl (C=S) groups is 1. The minimum atomic E-state index is -4.86. The Hall–Kier alpha value is -5.64. The average Bonchev–Trinajstić information content (AvgIpc) is 3.35. The highest BCUT2D eigenvalue weighted by molar-refractivity contribution is 7.81. The Labute approximate surface area is 357 Å². The molecule has 3 N–H and O–H groups in total. The van der Waals surface area contributed by atoms with Gasteiger partial charge in [-0.15, -0.1) is 0 Å². The highest BCUT2D eigenvalue weighted by atomic mass is 32.1. The van der Waals surface area contributed by atoms with Gasteiger partial charge in [0.15, 0.2) is 10.8 Å². The number of carbonyl (C=O) groups excluding carboxylic acids is 4. The second kappa shape index (κ2) is 17.4. The van der Waals surface area contributed by atoms with Crippen LogP contribution in [0.4, 0.5) is 35.9 Å². The fourth-order valence-corrected chi connectivity index (χ4v) is 9.03. The van der Waals surface area contributed by atoms with Crippen LogP contribution in [-0.2, 0) is 25.4 Å². The molecule has 61 heavy (non-hydrogen) atoms. The molecule has 4 amide bonds. The summed E-state index contributed by atoms with van der Waals surface area (Å²) in [7, 11) is 0. The van der Waals surface area contributed by atoms with Crippen molar-refractivity contribution in [1.29, 1.82) is 5.26 Å². The summed E-state index contributed by atoms with van der Waals surface area (Å²) in [6.45, 7) is 10.2. The Morgan fingerprint density at radius 1 is 1.03 bits per heavy atom. The minimum Gasteiger partial charge on any atom is -0.492 e. The van der Waals surface area contributed by atoms with E-state index in [0.717, 1.165) is 60.8 Å². The van der Waals surface area contributed by atoms with Gasteiger partial charge in [0.1, 0.15) is 30.0 Å². The normalized spacial score (nSPS) is 22.4. The maximum absolute atomic E-state index is 13.8. The van der Waals surface area contributed by atoms with E-state index in [1.54, 1.807) is 49.1 Å². The van der Waals surface area contributed by atoms with Crippen LogP contribution in [0.3, 0.4) is 0 Å². The van der Waals surface area contributed by atoms with E-state index < -0.39 is 34.9 Å². The first kappa shape index (κ1) is 43.4. The Bertz CT molecular complexity index is 2270. The number of pyridine rings is 1. The second-order valence-corrected chi connectivity index (χ2v) is 17.0. The van der Waals surface area contributed by atoms with Crippen molar-refractivity contribution < 1.29 is 37.1 Å². The summed E-state index contributed by atoms with van der Waals surface area (Å²) >= 11 is 5.76. The number of hydrogen-bond donors (Lipinski definition) is 3. The molecule has 1 saturated carbocycles. The molecule has 322 valence electrons. The molecular weight excluding hydrogens is 812 g/mol. The Balaban J connectivity index is 0.959. The van der Waals surface area contributed by atoms with Crippen molar-refractivity contribution >= 4 is 63.7 Å². The third kappa shape index (κ3) is 9.19. The summed E-state index contributed by atoms with van der Waals surface area (Å²) < 4.78 is 47.9. The molecule has 4 aliphatic rings. The first-order chi connectivity index (χ1) is 28.9. The Kier molecular flexibility index (Phi) is 12.4. The molecule has 18 heteroatoms. The largest absolute Gasteiger partial charge is 0.492 e. The molecule has 0 radical (unpaired) electrons. The maximum Gasteiger partial charge on any atom is 0.419 e. The van der Waals surface area contributed by atoms with E-state index in [4.69, 9.17) is 17.0 Å². The predicted molar refractivity (Wildman–Crippen MR) is 226 cm³/mol. The average molecular weight is 860 g/mol. The van der Waals surface area contributed by atoms with Gasteiger partial charge in [0.05, 0.1) is 24.0 Å². The molecule has 1 aliphatic carbocycles. The number of carbonyl (C=O) groups is 4. The topological polar surface area (TPSA) is 163 Å². The zero-order chi connectivity index (χ0) is 43.8. The summed E-state index contributed by atoms with van der Waals surface area (Å²) in [5.74, 6) is -0.383. The van der Waals surface area contributed by atoms with Crippen molar-refractivity contribution in [3.05, 3.63) is 71.5 Å². The van der Waals surface area contributed by atoms with Crippen LogP contribution < -0.4 is 30.5 Å². The lowest BCUT2D eigenvalue weighted by atomic mass is 9.79. The molecule has 4 fully saturated rings. The Morgan fingerprint density at radius 3 is 2.41 bits per heavy atom. The summed E-state index contributed by atoms with van der Waals surface area (Å²) in [5.41, 5.74) is -0.618. The number of benzene rings is 2. The van der Waals surface area contributed by atoms with E-state index >= 15 is 0 Å². The van der Waals surface area contributed by atoms with Gasteiger partial charge in [0.25, 0.3) is 5.91 Å². The zero-order valence-electron chi connectivity index (χ0n) is 34.3. The molecule has 3 aliphatic heterocycles. The van der Waals surface area contributed by atoms with E-state index in [-0.39, 0.29) is 59.5 Å². The van der Waals surface area contributed by atoms with Gasteiger partial charge in [-0.25, -0.2) is 4.98 Å². The van der Waals surface area contributed by atoms with Gasteiger partial charge in [-0.1, -0.05) is 12.5 Å². The third-order valence-electron chi connectivity index (χ3n) is 11.9.